The van der Waals surface area contributed by atoms with Crippen molar-refractivity contribution in [3.63, 3.8) is 0 Å². The maximum absolute atomic E-state index is 15.0. The number of carbonyl (C=O) groups is 1. The van der Waals surface area contributed by atoms with E-state index in [2.05, 4.69) is 21.3 Å². The van der Waals surface area contributed by atoms with E-state index < -0.39 is 32.4 Å². The fraction of sp³-hybridized carbons (Fsp3) is 0.462. The van der Waals surface area contributed by atoms with Crippen molar-refractivity contribution in [2.45, 2.75) is 36.3 Å². The summed E-state index contributed by atoms with van der Waals surface area (Å²) in [5.74, 6) is -1.44. The van der Waals surface area contributed by atoms with Gasteiger partial charge in [0.15, 0.2) is 0 Å². The van der Waals surface area contributed by atoms with Gasteiger partial charge < -0.3 is 4.74 Å². The van der Waals surface area contributed by atoms with Crippen LogP contribution in [0.2, 0.25) is 0 Å². The number of aromatic nitrogens is 2. The largest absolute Gasteiger partial charge is 0.463 e. The molecule has 1 heterocycles. The molecule has 8 heteroatoms. The standard InChI is InChI=1S/C13H17FN2O4S/c1-3-5-6-8-13(14,11(17)20-4-2)21(18,19)12-15-9-7-10-16-12/h3,7,9-10H,1,4-6,8H2,2H3. The molecule has 1 rings (SSSR count). The summed E-state index contributed by atoms with van der Waals surface area (Å²) in [6, 6.07) is 1.39. The number of hydrogen-bond acceptors (Lipinski definition) is 6. The predicted molar refractivity (Wildman–Crippen MR) is 73.7 cm³/mol. The second-order valence-corrected chi connectivity index (χ2v) is 6.18. The first-order valence-corrected chi connectivity index (χ1v) is 7.87. The predicted octanol–water partition coefficient (Wildman–Crippen LogP) is 1.84. The Hall–Kier alpha value is -1.83. The molecule has 0 aliphatic rings. The molecule has 0 radical (unpaired) electrons. The molecule has 0 fully saturated rings. The molecule has 0 aliphatic carbocycles. The minimum absolute atomic E-state index is 0.128. The van der Waals surface area contributed by atoms with Gasteiger partial charge in [0, 0.05) is 18.8 Å². The van der Waals surface area contributed by atoms with Crippen molar-refractivity contribution in [3.05, 3.63) is 31.1 Å². The summed E-state index contributed by atoms with van der Waals surface area (Å²) in [4.78, 5) is 18.9. The van der Waals surface area contributed by atoms with Crippen molar-refractivity contribution in [3.8, 4) is 0 Å². The molecule has 1 unspecified atom stereocenters. The van der Waals surface area contributed by atoms with Gasteiger partial charge in [-0.2, -0.15) is 0 Å². The molecule has 0 spiro atoms. The molecule has 1 aromatic heterocycles. The first-order valence-electron chi connectivity index (χ1n) is 6.38. The average Bonchev–Trinajstić information content (AvgIpc) is 2.48. The summed E-state index contributed by atoms with van der Waals surface area (Å²) in [6.45, 7) is 4.81. The Kier molecular flexibility index (Phi) is 5.95. The molecule has 1 atom stereocenters. The van der Waals surface area contributed by atoms with Gasteiger partial charge >= 0.3 is 11.0 Å². The highest BCUT2D eigenvalue weighted by Crippen LogP contribution is 2.32. The summed E-state index contributed by atoms with van der Waals surface area (Å²) in [6.07, 6.45) is 3.79. The molecule has 21 heavy (non-hydrogen) atoms. The van der Waals surface area contributed by atoms with E-state index in [0.29, 0.717) is 6.42 Å². The van der Waals surface area contributed by atoms with Crippen LogP contribution >= 0.6 is 0 Å². The van der Waals surface area contributed by atoms with Crippen LogP contribution in [-0.4, -0.2) is 36.0 Å². The fourth-order valence-electron chi connectivity index (χ4n) is 1.63. The zero-order valence-corrected chi connectivity index (χ0v) is 12.5. The zero-order valence-electron chi connectivity index (χ0n) is 11.7. The van der Waals surface area contributed by atoms with Gasteiger partial charge in [-0.25, -0.2) is 27.6 Å². The molecular formula is C13H17FN2O4S. The minimum Gasteiger partial charge on any atom is -0.463 e. The second-order valence-electron chi connectivity index (χ2n) is 4.16. The van der Waals surface area contributed by atoms with Gasteiger partial charge in [0.1, 0.15) is 0 Å². The molecule has 0 aliphatic heterocycles. The summed E-state index contributed by atoms with van der Waals surface area (Å²) in [5, 5.41) is -3.94. The van der Waals surface area contributed by atoms with Crippen molar-refractivity contribution in [2.24, 2.45) is 0 Å². The van der Waals surface area contributed by atoms with E-state index in [1.807, 2.05) is 0 Å². The van der Waals surface area contributed by atoms with Crippen LogP contribution in [0.25, 0.3) is 0 Å². The lowest BCUT2D eigenvalue weighted by molar-refractivity contribution is -0.152. The Morgan fingerprint density at radius 2 is 2.10 bits per heavy atom. The van der Waals surface area contributed by atoms with E-state index in [1.54, 1.807) is 0 Å². The molecular weight excluding hydrogens is 299 g/mol. The fourth-order valence-corrected chi connectivity index (χ4v) is 3.01. The third-order valence-electron chi connectivity index (χ3n) is 2.70. The van der Waals surface area contributed by atoms with Gasteiger partial charge in [0.25, 0.3) is 15.0 Å². The molecule has 0 bridgehead atoms. The summed E-state index contributed by atoms with van der Waals surface area (Å²) in [7, 11) is -4.70. The van der Waals surface area contributed by atoms with Crippen LogP contribution in [0.3, 0.4) is 0 Å². The molecule has 116 valence electrons. The van der Waals surface area contributed by atoms with E-state index in [1.165, 1.54) is 19.1 Å². The Morgan fingerprint density at radius 3 is 2.62 bits per heavy atom. The van der Waals surface area contributed by atoms with Crippen LogP contribution in [0.1, 0.15) is 26.2 Å². The smallest absolute Gasteiger partial charge is 0.360 e. The third-order valence-corrected chi connectivity index (χ3v) is 4.61. The van der Waals surface area contributed by atoms with Crippen LogP contribution in [0.4, 0.5) is 4.39 Å². The number of rotatable bonds is 8. The lowest BCUT2D eigenvalue weighted by Crippen LogP contribution is -2.44. The van der Waals surface area contributed by atoms with Gasteiger partial charge in [-0.15, -0.1) is 6.58 Å². The van der Waals surface area contributed by atoms with Crippen LogP contribution in [-0.2, 0) is 19.4 Å². The minimum atomic E-state index is -4.70. The van der Waals surface area contributed by atoms with Gasteiger partial charge in [0.05, 0.1) is 6.61 Å². The molecule has 0 saturated carbocycles. The van der Waals surface area contributed by atoms with E-state index in [4.69, 9.17) is 0 Å². The number of carbonyl (C=O) groups excluding carboxylic acids is 1. The lowest BCUT2D eigenvalue weighted by atomic mass is 10.1. The Morgan fingerprint density at radius 1 is 1.48 bits per heavy atom. The maximum atomic E-state index is 15.0. The number of allylic oxidation sites excluding steroid dienone is 1. The van der Waals surface area contributed by atoms with Gasteiger partial charge in [-0.1, -0.05) is 6.08 Å². The lowest BCUT2D eigenvalue weighted by Gasteiger charge is -2.22. The first-order chi connectivity index (χ1) is 9.90. The summed E-state index contributed by atoms with van der Waals surface area (Å²) < 4.78 is 44.2. The highest BCUT2D eigenvalue weighted by molar-refractivity contribution is 7.93. The van der Waals surface area contributed by atoms with Crippen molar-refractivity contribution in [1.29, 1.82) is 0 Å². The highest BCUT2D eigenvalue weighted by atomic mass is 32.2. The van der Waals surface area contributed by atoms with E-state index >= 15 is 0 Å². The van der Waals surface area contributed by atoms with E-state index in [-0.39, 0.29) is 13.0 Å². The molecule has 0 amide bonds. The number of alkyl halides is 1. The quantitative estimate of drug-likeness (QED) is 0.315. The molecule has 0 aromatic carbocycles. The number of unbranched alkanes of at least 4 members (excludes halogenated alkanes) is 1. The SMILES string of the molecule is C=CCCCC(F)(C(=O)OCC)S(=O)(=O)c1ncccn1. The first kappa shape index (κ1) is 17.2. The Balaban J connectivity index is 3.22. The summed E-state index contributed by atoms with van der Waals surface area (Å²) in [5.41, 5.74) is 0. The number of nitrogens with zero attached hydrogens (tertiary/aromatic N) is 2. The Labute approximate surface area is 123 Å². The second kappa shape index (κ2) is 7.26. The van der Waals surface area contributed by atoms with Gasteiger partial charge in [0.2, 0.25) is 0 Å². The topological polar surface area (TPSA) is 86.2 Å². The van der Waals surface area contributed by atoms with Crippen LogP contribution in [0.5, 0.6) is 0 Å². The maximum Gasteiger partial charge on any atom is 0.360 e. The average molecular weight is 316 g/mol. The van der Waals surface area contributed by atoms with Crippen LogP contribution in [0.15, 0.2) is 36.3 Å². The monoisotopic (exact) mass is 316 g/mol. The van der Waals surface area contributed by atoms with Gasteiger partial charge in [-0.05, 0) is 25.8 Å². The number of esters is 1. The van der Waals surface area contributed by atoms with Crippen molar-refractivity contribution in [1.82, 2.24) is 9.97 Å². The third kappa shape index (κ3) is 3.63. The number of ether oxygens (including phenoxy) is 1. The number of halogens is 1. The molecule has 0 N–H and O–H groups in total. The van der Waals surface area contributed by atoms with Crippen molar-refractivity contribution in [2.75, 3.05) is 6.61 Å². The molecule has 6 nitrogen and oxygen atoms in total. The van der Waals surface area contributed by atoms with Gasteiger partial charge in [-0.3, -0.25) is 0 Å². The van der Waals surface area contributed by atoms with Crippen molar-refractivity contribution >= 4 is 15.8 Å². The normalized spacial score (nSPS) is 14.2. The van der Waals surface area contributed by atoms with Crippen molar-refractivity contribution < 1.29 is 22.3 Å². The highest BCUT2D eigenvalue weighted by Gasteiger charge is 2.54. The van der Waals surface area contributed by atoms with Crippen LogP contribution < -0.4 is 0 Å². The zero-order chi connectivity index (χ0) is 15.9. The van der Waals surface area contributed by atoms with E-state index in [0.717, 1.165) is 12.4 Å². The Bertz CT molecular complexity index is 591. The molecule has 1 aromatic rings. The van der Waals surface area contributed by atoms with E-state index in [9.17, 15) is 17.6 Å². The number of hydrogen-bond donors (Lipinski definition) is 0. The number of sulfone groups is 1. The molecule has 0 saturated heterocycles. The van der Waals surface area contributed by atoms with Crippen LogP contribution in [0, 0.1) is 0 Å². The summed E-state index contributed by atoms with van der Waals surface area (Å²) >= 11 is 0.